The summed E-state index contributed by atoms with van der Waals surface area (Å²) in [6, 6.07) is 7.20. The standard InChI is InChI=1S/C15H22N2O3/c18-11-5-10-16-15(19)17-13-8-3-4-9-14(13)20-12-6-1-2-7-12/h3-4,8-9,12,18H,1-2,5-7,10-11H2,(H2,16,17,19). The van der Waals surface area contributed by atoms with E-state index in [9.17, 15) is 4.79 Å². The molecule has 0 aromatic heterocycles. The number of rotatable bonds is 6. The quantitative estimate of drug-likeness (QED) is 0.700. The van der Waals surface area contributed by atoms with Gasteiger partial charge in [-0.25, -0.2) is 4.79 Å². The third-order valence-corrected chi connectivity index (χ3v) is 3.35. The molecule has 0 bridgehead atoms. The van der Waals surface area contributed by atoms with E-state index in [-0.39, 0.29) is 18.7 Å². The Labute approximate surface area is 119 Å². The molecule has 1 aliphatic carbocycles. The van der Waals surface area contributed by atoms with Crippen LogP contribution in [-0.4, -0.2) is 30.4 Å². The smallest absolute Gasteiger partial charge is 0.319 e. The number of urea groups is 1. The Balaban J connectivity index is 1.91. The molecular formula is C15H22N2O3. The van der Waals surface area contributed by atoms with Gasteiger partial charge in [0.2, 0.25) is 0 Å². The molecule has 1 saturated carbocycles. The zero-order valence-corrected chi connectivity index (χ0v) is 11.6. The van der Waals surface area contributed by atoms with Gasteiger partial charge >= 0.3 is 6.03 Å². The minimum Gasteiger partial charge on any atom is -0.488 e. The minimum atomic E-state index is -0.277. The molecule has 0 aliphatic heterocycles. The largest absolute Gasteiger partial charge is 0.488 e. The molecule has 5 nitrogen and oxygen atoms in total. The maximum Gasteiger partial charge on any atom is 0.319 e. The molecule has 1 aromatic carbocycles. The van der Waals surface area contributed by atoms with Crippen LogP contribution in [0.25, 0.3) is 0 Å². The van der Waals surface area contributed by atoms with Gasteiger partial charge in [-0.3, -0.25) is 0 Å². The summed E-state index contributed by atoms with van der Waals surface area (Å²) >= 11 is 0. The molecule has 5 heteroatoms. The highest BCUT2D eigenvalue weighted by molar-refractivity contribution is 5.90. The minimum absolute atomic E-state index is 0.0711. The number of hydrogen-bond donors (Lipinski definition) is 3. The average molecular weight is 278 g/mol. The molecule has 2 amide bonds. The van der Waals surface area contributed by atoms with Gasteiger partial charge in [-0.2, -0.15) is 0 Å². The molecule has 20 heavy (non-hydrogen) atoms. The van der Waals surface area contributed by atoms with Crippen LogP contribution < -0.4 is 15.4 Å². The lowest BCUT2D eigenvalue weighted by Crippen LogP contribution is -2.30. The van der Waals surface area contributed by atoms with Crippen LogP contribution in [0.2, 0.25) is 0 Å². The van der Waals surface area contributed by atoms with E-state index in [1.807, 2.05) is 24.3 Å². The van der Waals surface area contributed by atoms with E-state index in [4.69, 9.17) is 9.84 Å². The molecule has 110 valence electrons. The summed E-state index contributed by atoms with van der Waals surface area (Å²) in [7, 11) is 0. The number of amides is 2. The number of carbonyl (C=O) groups is 1. The summed E-state index contributed by atoms with van der Waals surface area (Å²) in [6.07, 6.45) is 5.39. The SMILES string of the molecule is O=C(NCCCO)Nc1ccccc1OC1CCCC1. The Morgan fingerprint density at radius 1 is 1.30 bits per heavy atom. The van der Waals surface area contributed by atoms with E-state index in [1.165, 1.54) is 12.8 Å². The maximum atomic E-state index is 11.7. The van der Waals surface area contributed by atoms with Crippen molar-refractivity contribution in [2.24, 2.45) is 0 Å². The Morgan fingerprint density at radius 3 is 2.80 bits per heavy atom. The lowest BCUT2D eigenvalue weighted by molar-refractivity contribution is 0.211. The molecule has 0 radical (unpaired) electrons. The van der Waals surface area contributed by atoms with Crippen LogP contribution in [0, 0.1) is 0 Å². The van der Waals surface area contributed by atoms with Crippen molar-refractivity contribution in [1.82, 2.24) is 5.32 Å². The van der Waals surface area contributed by atoms with Crippen molar-refractivity contribution in [2.75, 3.05) is 18.5 Å². The highest BCUT2D eigenvalue weighted by Crippen LogP contribution is 2.29. The Hall–Kier alpha value is -1.75. The Bertz CT molecular complexity index is 431. The van der Waals surface area contributed by atoms with Crippen molar-refractivity contribution in [3.05, 3.63) is 24.3 Å². The van der Waals surface area contributed by atoms with Gasteiger partial charge in [0.15, 0.2) is 0 Å². The van der Waals surface area contributed by atoms with Gasteiger partial charge in [0, 0.05) is 13.2 Å². The first-order valence-electron chi connectivity index (χ1n) is 7.21. The van der Waals surface area contributed by atoms with E-state index in [1.54, 1.807) is 0 Å². The normalized spacial score (nSPS) is 15.1. The number of anilines is 1. The summed E-state index contributed by atoms with van der Waals surface area (Å²) in [4.78, 5) is 11.7. The highest BCUT2D eigenvalue weighted by atomic mass is 16.5. The second-order valence-electron chi connectivity index (χ2n) is 4.98. The van der Waals surface area contributed by atoms with E-state index in [2.05, 4.69) is 10.6 Å². The second kappa shape index (κ2) is 7.75. The van der Waals surface area contributed by atoms with Gasteiger partial charge < -0.3 is 20.5 Å². The molecule has 0 spiro atoms. The lowest BCUT2D eigenvalue weighted by Gasteiger charge is -2.17. The number of ether oxygens (including phenoxy) is 1. The van der Waals surface area contributed by atoms with Crippen LogP contribution in [0.15, 0.2) is 24.3 Å². The van der Waals surface area contributed by atoms with Crippen molar-refractivity contribution in [3.63, 3.8) is 0 Å². The van der Waals surface area contributed by atoms with Gasteiger partial charge in [0.05, 0.1) is 11.8 Å². The van der Waals surface area contributed by atoms with Crippen LogP contribution in [0.4, 0.5) is 10.5 Å². The van der Waals surface area contributed by atoms with Crippen LogP contribution in [0.1, 0.15) is 32.1 Å². The molecule has 0 atom stereocenters. The molecule has 0 unspecified atom stereocenters. The summed E-state index contributed by atoms with van der Waals surface area (Å²) in [5, 5.41) is 14.2. The topological polar surface area (TPSA) is 70.6 Å². The summed E-state index contributed by atoms with van der Waals surface area (Å²) in [6.45, 7) is 0.523. The second-order valence-corrected chi connectivity index (χ2v) is 4.98. The van der Waals surface area contributed by atoms with E-state index in [0.29, 0.717) is 18.7 Å². The summed E-state index contributed by atoms with van der Waals surface area (Å²) < 4.78 is 5.95. The molecule has 2 rings (SSSR count). The zero-order valence-electron chi connectivity index (χ0n) is 11.6. The molecule has 1 aliphatic rings. The fraction of sp³-hybridized carbons (Fsp3) is 0.533. The predicted molar refractivity (Wildman–Crippen MR) is 78.1 cm³/mol. The van der Waals surface area contributed by atoms with E-state index >= 15 is 0 Å². The van der Waals surface area contributed by atoms with Crippen molar-refractivity contribution in [2.45, 2.75) is 38.2 Å². The fourth-order valence-electron chi connectivity index (χ4n) is 2.31. The number of nitrogens with one attached hydrogen (secondary N) is 2. The molecule has 0 saturated heterocycles. The highest BCUT2D eigenvalue weighted by Gasteiger charge is 2.18. The first-order chi connectivity index (χ1) is 9.79. The van der Waals surface area contributed by atoms with Gasteiger partial charge in [-0.05, 0) is 44.2 Å². The number of hydrogen-bond acceptors (Lipinski definition) is 3. The van der Waals surface area contributed by atoms with Gasteiger partial charge in [0.1, 0.15) is 5.75 Å². The third-order valence-electron chi connectivity index (χ3n) is 3.35. The zero-order chi connectivity index (χ0) is 14.2. The van der Waals surface area contributed by atoms with E-state index < -0.39 is 0 Å². The Kier molecular flexibility index (Phi) is 5.68. The van der Waals surface area contributed by atoms with Crippen molar-refractivity contribution >= 4 is 11.7 Å². The maximum absolute atomic E-state index is 11.7. The number of benzene rings is 1. The third kappa shape index (κ3) is 4.42. The summed E-state index contributed by atoms with van der Waals surface area (Å²) in [5.41, 5.74) is 0.681. The monoisotopic (exact) mass is 278 g/mol. The number of aliphatic hydroxyl groups excluding tert-OH is 1. The first kappa shape index (κ1) is 14.7. The van der Waals surface area contributed by atoms with E-state index in [0.717, 1.165) is 18.6 Å². The number of para-hydroxylation sites is 2. The molecular weight excluding hydrogens is 256 g/mol. The van der Waals surface area contributed by atoms with Crippen LogP contribution >= 0.6 is 0 Å². The van der Waals surface area contributed by atoms with Gasteiger partial charge in [-0.1, -0.05) is 12.1 Å². The predicted octanol–water partition coefficient (Wildman–Crippen LogP) is 2.51. The number of carbonyl (C=O) groups excluding carboxylic acids is 1. The lowest BCUT2D eigenvalue weighted by atomic mass is 10.2. The first-order valence-corrected chi connectivity index (χ1v) is 7.21. The van der Waals surface area contributed by atoms with Gasteiger partial charge in [-0.15, -0.1) is 0 Å². The molecule has 1 aromatic rings. The fourth-order valence-corrected chi connectivity index (χ4v) is 2.31. The van der Waals surface area contributed by atoms with Crippen molar-refractivity contribution in [3.8, 4) is 5.75 Å². The summed E-state index contributed by atoms with van der Waals surface area (Å²) in [5.74, 6) is 0.719. The molecule has 3 N–H and O–H groups in total. The van der Waals surface area contributed by atoms with Crippen LogP contribution in [-0.2, 0) is 0 Å². The number of aliphatic hydroxyl groups is 1. The molecule has 1 fully saturated rings. The van der Waals surface area contributed by atoms with Crippen LogP contribution in [0.5, 0.6) is 5.75 Å². The molecule has 0 heterocycles. The van der Waals surface area contributed by atoms with Gasteiger partial charge in [0.25, 0.3) is 0 Å². The van der Waals surface area contributed by atoms with Crippen molar-refractivity contribution < 1.29 is 14.6 Å². The van der Waals surface area contributed by atoms with Crippen molar-refractivity contribution in [1.29, 1.82) is 0 Å². The Morgan fingerprint density at radius 2 is 2.05 bits per heavy atom. The average Bonchev–Trinajstić information content (AvgIpc) is 2.94. The van der Waals surface area contributed by atoms with Crippen LogP contribution in [0.3, 0.4) is 0 Å².